The molecule has 0 spiro atoms. The van der Waals surface area contributed by atoms with Gasteiger partial charge < -0.3 is 25.6 Å². The minimum Gasteiger partial charge on any atom is -0.506 e. The summed E-state index contributed by atoms with van der Waals surface area (Å²) in [4.78, 5) is 42.4. The standard InChI is InChI=1S/C35H39N5O6S/c1-22(28-21-47-31(30(28)42)24-9-12-27(13-10-24)35(2,3)4)39-40-33(44)26-11-14-29(37-20-26)34(45)38-19-23-5-7-25(8-6-23)32(43)36-15-17-46-18-16-41/h5-14,20-21,41-42H,15-19H2,1-4H3,(H,36,43)(H,38,45)(H,40,44)/b39-22+. The number of pyridine rings is 1. The van der Waals surface area contributed by atoms with Gasteiger partial charge >= 0.3 is 0 Å². The number of nitrogens with zero attached hydrogens (tertiary/aromatic N) is 2. The smallest absolute Gasteiger partial charge is 0.272 e. The zero-order chi connectivity index (χ0) is 34.0. The predicted octanol–water partition coefficient (Wildman–Crippen LogP) is 4.64. The molecule has 12 heteroatoms. The van der Waals surface area contributed by atoms with E-state index in [9.17, 15) is 19.5 Å². The van der Waals surface area contributed by atoms with Gasteiger partial charge in [0.2, 0.25) is 0 Å². The topological polar surface area (TPSA) is 162 Å². The van der Waals surface area contributed by atoms with Crippen LogP contribution in [0.2, 0.25) is 0 Å². The van der Waals surface area contributed by atoms with Gasteiger partial charge in [-0.25, -0.2) is 5.43 Å². The molecule has 4 aromatic rings. The number of aliphatic hydroxyl groups excluding tert-OH is 1. The molecule has 4 rings (SSSR count). The molecule has 0 unspecified atom stereocenters. The van der Waals surface area contributed by atoms with E-state index in [-0.39, 0.29) is 48.1 Å². The van der Waals surface area contributed by atoms with Gasteiger partial charge in [0.05, 0.1) is 41.5 Å². The summed E-state index contributed by atoms with van der Waals surface area (Å²) in [5, 5.41) is 31.0. The minimum absolute atomic E-state index is 0.0285. The third-order valence-electron chi connectivity index (χ3n) is 7.19. The number of hydrogen-bond donors (Lipinski definition) is 5. The number of amides is 3. The molecule has 246 valence electrons. The van der Waals surface area contributed by atoms with Crippen molar-refractivity contribution in [2.45, 2.75) is 39.7 Å². The van der Waals surface area contributed by atoms with Crippen molar-refractivity contribution in [2.24, 2.45) is 5.10 Å². The Bertz CT molecular complexity index is 1710. The third-order valence-corrected chi connectivity index (χ3v) is 8.21. The highest BCUT2D eigenvalue weighted by atomic mass is 32.1. The summed E-state index contributed by atoms with van der Waals surface area (Å²) in [6.07, 6.45) is 1.29. The molecule has 2 aromatic heterocycles. The van der Waals surface area contributed by atoms with Crippen LogP contribution in [-0.2, 0) is 16.7 Å². The summed E-state index contributed by atoms with van der Waals surface area (Å²) in [5.74, 6) is -1.09. The van der Waals surface area contributed by atoms with Gasteiger partial charge in [0.25, 0.3) is 17.7 Å². The molecule has 0 atom stereocenters. The molecule has 2 heterocycles. The molecule has 5 N–H and O–H groups in total. The first-order valence-electron chi connectivity index (χ1n) is 15.0. The van der Waals surface area contributed by atoms with Crippen molar-refractivity contribution in [3.63, 3.8) is 0 Å². The monoisotopic (exact) mass is 657 g/mol. The Labute approximate surface area is 277 Å². The highest BCUT2D eigenvalue weighted by Crippen LogP contribution is 2.39. The molecular formula is C35H39N5O6S. The van der Waals surface area contributed by atoms with E-state index in [0.717, 1.165) is 16.0 Å². The number of aromatic nitrogens is 1. The molecule has 0 radical (unpaired) electrons. The lowest BCUT2D eigenvalue weighted by Crippen LogP contribution is -2.27. The fourth-order valence-corrected chi connectivity index (χ4v) is 5.42. The van der Waals surface area contributed by atoms with Crippen LogP contribution in [0.3, 0.4) is 0 Å². The van der Waals surface area contributed by atoms with E-state index >= 15 is 0 Å². The van der Waals surface area contributed by atoms with E-state index in [1.54, 1.807) is 36.6 Å². The van der Waals surface area contributed by atoms with E-state index in [0.29, 0.717) is 30.0 Å². The van der Waals surface area contributed by atoms with E-state index in [2.05, 4.69) is 59.0 Å². The van der Waals surface area contributed by atoms with Gasteiger partial charge in [0, 0.05) is 30.2 Å². The fourth-order valence-electron chi connectivity index (χ4n) is 4.41. The molecule has 2 aromatic carbocycles. The molecule has 0 aliphatic rings. The van der Waals surface area contributed by atoms with Gasteiger partial charge in [-0.1, -0.05) is 57.2 Å². The maximum absolute atomic E-state index is 12.7. The summed E-state index contributed by atoms with van der Waals surface area (Å²) < 4.78 is 5.11. The Balaban J connectivity index is 1.27. The SMILES string of the molecule is C/C(=N\NC(=O)c1ccc(C(=O)NCc2ccc(C(=O)NCCOCCO)cc2)nc1)c1csc(-c2ccc(C(C)(C)C)cc2)c1O. The van der Waals surface area contributed by atoms with Gasteiger partial charge in [-0.3, -0.25) is 19.4 Å². The quantitative estimate of drug-likeness (QED) is 0.0795. The van der Waals surface area contributed by atoms with Crippen molar-refractivity contribution in [3.05, 3.63) is 106 Å². The Morgan fingerprint density at radius 3 is 2.23 bits per heavy atom. The summed E-state index contributed by atoms with van der Waals surface area (Å²) in [7, 11) is 0. The van der Waals surface area contributed by atoms with Crippen LogP contribution in [0.25, 0.3) is 10.4 Å². The van der Waals surface area contributed by atoms with Crippen molar-refractivity contribution >= 4 is 34.8 Å². The first-order chi connectivity index (χ1) is 22.5. The molecule has 0 aliphatic carbocycles. The Kier molecular flexibility index (Phi) is 12.0. The number of carbonyl (C=O) groups excluding carboxylic acids is 3. The number of carbonyl (C=O) groups is 3. The highest BCUT2D eigenvalue weighted by Gasteiger charge is 2.18. The first-order valence-corrected chi connectivity index (χ1v) is 15.9. The van der Waals surface area contributed by atoms with Gasteiger partial charge in [-0.15, -0.1) is 11.3 Å². The number of benzene rings is 2. The average molecular weight is 658 g/mol. The van der Waals surface area contributed by atoms with Gasteiger partial charge in [0.1, 0.15) is 11.4 Å². The summed E-state index contributed by atoms with van der Waals surface area (Å²) in [6.45, 7) is 9.13. The maximum Gasteiger partial charge on any atom is 0.272 e. The van der Waals surface area contributed by atoms with E-state index in [1.165, 1.54) is 35.2 Å². The Morgan fingerprint density at radius 2 is 1.60 bits per heavy atom. The number of hydrogen-bond acceptors (Lipinski definition) is 9. The van der Waals surface area contributed by atoms with Crippen LogP contribution < -0.4 is 16.1 Å². The predicted molar refractivity (Wildman–Crippen MR) is 182 cm³/mol. The molecule has 3 amide bonds. The van der Waals surface area contributed by atoms with Crippen molar-refractivity contribution in [1.29, 1.82) is 0 Å². The lowest BCUT2D eigenvalue weighted by molar-refractivity contribution is 0.0837. The zero-order valence-corrected chi connectivity index (χ0v) is 27.6. The van der Waals surface area contributed by atoms with Crippen molar-refractivity contribution in [3.8, 4) is 16.2 Å². The molecule has 0 aliphatic heterocycles. The normalized spacial score (nSPS) is 11.6. The lowest BCUT2D eigenvalue weighted by Gasteiger charge is -2.19. The van der Waals surface area contributed by atoms with Crippen LogP contribution in [0.5, 0.6) is 5.75 Å². The number of hydrazone groups is 1. The van der Waals surface area contributed by atoms with Crippen LogP contribution in [0.15, 0.2) is 77.3 Å². The number of aromatic hydroxyl groups is 1. The first kappa shape index (κ1) is 35.0. The second-order valence-electron chi connectivity index (χ2n) is 11.7. The van der Waals surface area contributed by atoms with Crippen LogP contribution in [-0.4, -0.2) is 65.0 Å². The Hall–Kier alpha value is -4.91. The number of rotatable bonds is 13. The highest BCUT2D eigenvalue weighted by molar-refractivity contribution is 7.14. The summed E-state index contributed by atoms with van der Waals surface area (Å²) in [6, 6.07) is 17.8. The molecule has 0 saturated heterocycles. The van der Waals surface area contributed by atoms with Crippen LogP contribution in [0.4, 0.5) is 0 Å². The maximum atomic E-state index is 12.7. The molecule has 0 bridgehead atoms. The number of thiophene rings is 1. The molecule has 47 heavy (non-hydrogen) atoms. The molecule has 0 saturated carbocycles. The molecule has 11 nitrogen and oxygen atoms in total. The van der Waals surface area contributed by atoms with Gasteiger partial charge in [0.15, 0.2) is 0 Å². The van der Waals surface area contributed by atoms with Crippen molar-refractivity contribution in [1.82, 2.24) is 21.0 Å². The van der Waals surface area contributed by atoms with E-state index in [4.69, 9.17) is 9.84 Å². The van der Waals surface area contributed by atoms with Gasteiger partial charge in [-0.2, -0.15) is 5.10 Å². The second-order valence-corrected chi connectivity index (χ2v) is 12.6. The van der Waals surface area contributed by atoms with E-state index in [1.807, 2.05) is 12.1 Å². The number of nitrogens with one attached hydrogen (secondary N) is 3. The van der Waals surface area contributed by atoms with Crippen molar-refractivity contribution in [2.75, 3.05) is 26.4 Å². The van der Waals surface area contributed by atoms with Crippen molar-refractivity contribution < 1.29 is 29.3 Å². The zero-order valence-electron chi connectivity index (χ0n) is 26.8. The van der Waals surface area contributed by atoms with E-state index < -0.39 is 11.8 Å². The summed E-state index contributed by atoms with van der Waals surface area (Å²) in [5.41, 5.74) is 7.16. The fraction of sp³-hybridized carbons (Fsp3) is 0.286. The lowest BCUT2D eigenvalue weighted by atomic mass is 9.86. The van der Waals surface area contributed by atoms with Crippen LogP contribution >= 0.6 is 11.3 Å². The largest absolute Gasteiger partial charge is 0.506 e. The van der Waals surface area contributed by atoms with Gasteiger partial charge in [-0.05, 0) is 53.3 Å². The number of aliphatic hydroxyl groups is 1. The second kappa shape index (κ2) is 16.1. The average Bonchev–Trinajstić information content (AvgIpc) is 3.46. The summed E-state index contributed by atoms with van der Waals surface area (Å²) >= 11 is 1.40. The number of ether oxygens (including phenoxy) is 1. The van der Waals surface area contributed by atoms with Crippen LogP contribution in [0, 0.1) is 0 Å². The molecule has 0 fully saturated rings. The van der Waals surface area contributed by atoms with Crippen LogP contribution in [0.1, 0.15) is 75.6 Å². The third kappa shape index (κ3) is 9.55. The minimum atomic E-state index is -0.515. The Morgan fingerprint density at radius 1 is 0.894 bits per heavy atom. The molecular weight excluding hydrogens is 618 g/mol.